The Morgan fingerprint density at radius 1 is 1.19 bits per heavy atom. The Bertz CT molecular complexity index is 1500. The minimum Gasteiger partial charge on any atom is -0.508 e. The van der Waals surface area contributed by atoms with E-state index in [4.69, 9.17) is 5.73 Å². The number of hydrogen-bond acceptors (Lipinski definition) is 10. The molecule has 0 bridgehead atoms. The number of H-pyrrole nitrogens is 1. The molecule has 1 amide bonds. The van der Waals surface area contributed by atoms with Crippen molar-refractivity contribution in [3.05, 3.63) is 63.0 Å². The summed E-state index contributed by atoms with van der Waals surface area (Å²) in [6, 6.07) is 1.73. The summed E-state index contributed by atoms with van der Waals surface area (Å²) in [4.78, 5) is 58.1. The van der Waals surface area contributed by atoms with Crippen LogP contribution in [0.25, 0.3) is 16.9 Å². The molecule has 1 aromatic carbocycles. The summed E-state index contributed by atoms with van der Waals surface area (Å²) in [5, 5.41) is 44.4. The standard InChI is InChI=1S/C25H24N4O8/c1-29(2)18-13-6-9-5-12-11(10-7-27-24(36)28-8-10)3-4-14(30)16(12)19(31)15(9)21(33)25(13,37)22(34)17(20(18)32)23(26)35/h3-4,7-9,13,18,30-31,34,37H,5-6H2,1-2H3,(H2,26,35)(H,27,28,36)/t9-,13-,18-,25-/m0/s1. The second-order valence-corrected chi connectivity index (χ2v) is 9.75. The number of aliphatic hydroxyl groups excluding tert-OH is 2. The summed E-state index contributed by atoms with van der Waals surface area (Å²) in [5.41, 5.74) is 2.44. The first-order chi connectivity index (χ1) is 17.4. The average Bonchev–Trinajstić information content (AvgIpc) is 2.82. The highest BCUT2D eigenvalue weighted by atomic mass is 16.3. The van der Waals surface area contributed by atoms with Crippen LogP contribution in [0.1, 0.15) is 17.5 Å². The number of nitrogens with two attached hydrogens (primary N) is 1. The van der Waals surface area contributed by atoms with Gasteiger partial charge in [0, 0.05) is 29.4 Å². The van der Waals surface area contributed by atoms with Crippen LogP contribution in [0.3, 0.4) is 0 Å². The van der Waals surface area contributed by atoms with Gasteiger partial charge in [-0.05, 0) is 50.0 Å². The lowest BCUT2D eigenvalue weighted by Gasteiger charge is -2.50. The van der Waals surface area contributed by atoms with Gasteiger partial charge in [-0.25, -0.2) is 9.78 Å². The van der Waals surface area contributed by atoms with E-state index in [1.807, 2.05) is 0 Å². The SMILES string of the molecule is CN(C)[C@@H]1C(=O)C(C(N)=O)=C(O)[C@@]2(O)C(=O)C3=C(O)c4c(O)ccc(-c5cnc(=O)[nH]c5)c4C[C@H]3C[C@@H]12. The predicted octanol–water partition coefficient (Wildman–Crippen LogP) is -0.286. The molecule has 5 rings (SSSR count). The van der Waals surface area contributed by atoms with Crippen LogP contribution in [-0.4, -0.2) is 78.5 Å². The molecule has 2 aromatic rings. The second kappa shape index (κ2) is 8.11. The number of likely N-dealkylation sites (N-methyl/N-ethyl adjacent to an activating group) is 1. The van der Waals surface area contributed by atoms with Crippen LogP contribution in [-0.2, 0) is 20.8 Å². The molecular formula is C25H24N4O8. The number of primary amides is 1. The molecule has 1 aromatic heterocycles. The first-order valence-corrected chi connectivity index (χ1v) is 11.4. The molecule has 12 heteroatoms. The minimum atomic E-state index is -2.69. The fourth-order valence-corrected chi connectivity index (χ4v) is 6.00. The highest BCUT2D eigenvalue weighted by Crippen LogP contribution is 2.53. The second-order valence-electron chi connectivity index (χ2n) is 9.75. The van der Waals surface area contributed by atoms with Gasteiger partial charge in [-0.1, -0.05) is 6.07 Å². The van der Waals surface area contributed by atoms with E-state index >= 15 is 0 Å². The zero-order valence-electron chi connectivity index (χ0n) is 19.8. The maximum Gasteiger partial charge on any atom is 0.344 e. The zero-order chi connectivity index (χ0) is 27.0. The van der Waals surface area contributed by atoms with E-state index in [0.29, 0.717) is 16.7 Å². The normalized spacial score (nSPS) is 27.2. The van der Waals surface area contributed by atoms with E-state index in [1.54, 1.807) is 6.07 Å². The number of hydrogen-bond donors (Lipinski definition) is 6. The van der Waals surface area contributed by atoms with Crippen molar-refractivity contribution in [3.8, 4) is 16.9 Å². The number of aliphatic hydroxyl groups is 3. The summed E-state index contributed by atoms with van der Waals surface area (Å²) in [7, 11) is 3.07. The van der Waals surface area contributed by atoms with E-state index in [-0.39, 0.29) is 29.7 Å². The number of benzene rings is 1. The molecule has 3 aliphatic carbocycles. The average molecular weight is 508 g/mol. The number of phenols is 1. The smallest absolute Gasteiger partial charge is 0.344 e. The first-order valence-electron chi connectivity index (χ1n) is 11.4. The maximum absolute atomic E-state index is 13.8. The number of nitrogens with zero attached hydrogens (tertiary/aromatic N) is 2. The number of phenolic OH excluding ortho intramolecular Hbond substituents is 1. The Kier molecular flexibility index (Phi) is 5.35. The summed E-state index contributed by atoms with van der Waals surface area (Å²) in [6.45, 7) is 0. The van der Waals surface area contributed by atoms with E-state index < -0.39 is 63.7 Å². The van der Waals surface area contributed by atoms with Gasteiger partial charge in [-0.15, -0.1) is 0 Å². The van der Waals surface area contributed by atoms with Gasteiger partial charge in [0.2, 0.25) is 5.78 Å². The number of aromatic amines is 1. The van der Waals surface area contributed by atoms with Crippen molar-refractivity contribution in [2.75, 3.05) is 14.1 Å². The predicted molar refractivity (Wildman–Crippen MR) is 128 cm³/mol. The molecule has 3 aliphatic rings. The van der Waals surface area contributed by atoms with Crippen molar-refractivity contribution in [2.45, 2.75) is 24.5 Å². The fourth-order valence-electron chi connectivity index (χ4n) is 6.00. The molecule has 0 saturated heterocycles. The number of Topliss-reactive ketones (excluding diaryl/α,β-unsaturated/α-hetero) is 2. The molecule has 0 radical (unpaired) electrons. The van der Waals surface area contributed by atoms with E-state index in [2.05, 4.69) is 9.97 Å². The van der Waals surface area contributed by atoms with Crippen molar-refractivity contribution in [1.29, 1.82) is 0 Å². The van der Waals surface area contributed by atoms with Gasteiger partial charge in [-0.3, -0.25) is 19.3 Å². The lowest BCUT2D eigenvalue weighted by Crippen LogP contribution is -2.65. The van der Waals surface area contributed by atoms with Gasteiger partial charge in [-0.2, -0.15) is 0 Å². The number of aromatic nitrogens is 2. The highest BCUT2D eigenvalue weighted by molar-refractivity contribution is 6.24. The quantitative estimate of drug-likeness (QED) is 0.299. The van der Waals surface area contributed by atoms with Crippen LogP contribution in [0.15, 0.2) is 46.2 Å². The lowest BCUT2D eigenvalue weighted by molar-refractivity contribution is -0.153. The molecule has 37 heavy (non-hydrogen) atoms. The topological polar surface area (TPSA) is 207 Å². The molecule has 4 atom stereocenters. The van der Waals surface area contributed by atoms with Crippen molar-refractivity contribution in [2.24, 2.45) is 17.6 Å². The number of rotatable bonds is 3. The van der Waals surface area contributed by atoms with Crippen LogP contribution >= 0.6 is 0 Å². The molecule has 7 N–H and O–H groups in total. The molecule has 0 spiro atoms. The largest absolute Gasteiger partial charge is 0.508 e. The Morgan fingerprint density at radius 3 is 2.49 bits per heavy atom. The van der Waals surface area contributed by atoms with Crippen molar-refractivity contribution < 1.29 is 34.8 Å². The van der Waals surface area contributed by atoms with Gasteiger partial charge >= 0.3 is 5.69 Å². The molecule has 0 unspecified atom stereocenters. The Morgan fingerprint density at radius 2 is 1.89 bits per heavy atom. The maximum atomic E-state index is 13.8. The number of ketones is 2. The van der Waals surface area contributed by atoms with E-state index in [9.17, 15) is 39.6 Å². The number of aromatic hydroxyl groups is 1. The first kappa shape index (κ1) is 24.4. The number of carbonyl (C=O) groups is 3. The Balaban J connectivity index is 1.74. The summed E-state index contributed by atoms with van der Waals surface area (Å²) >= 11 is 0. The van der Waals surface area contributed by atoms with E-state index in [0.717, 1.165) is 0 Å². The van der Waals surface area contributed by atoms with Crippen LogP contribution in [0.4, 0.5) is 0 Å². The number of nitrogens with one attached hydrogen (secondary N) is 1. The third-order valence-electron chi connectivity index (χ3n) is 7.59. The minimum absolute atomic E-state index is 0.0231. The summed E-state index contributed by atoms with van der Waals surface area (Å²) < 4.78 is 0. The van der Waals surface area contributed by atoms with Crippen LogP contribution in [0.2, 0.25) is 0 Å². The fraction of sp³-hybridized carbons (Fsp3) is 0.320. The molecule has 192 valence electrons. The molecule has 1 fully saturated rings. The molecule has 1 heterocycles. The van der Waals surface area contributed by atoms with Crippen LogP contribution < -0.4 is 11.4 Å². The Hall–Kier alpha value is -4.29. The zero-order valence-corrected chi connectivity index (χ0v) is 19.8. The number of amides is 1. The van der Waals surface area contributed by atoms with Crippen molar-refractivity contribution in [3.63, 3.8) is 0 Å². The highest BCUT2D eigenvalue weighted by Gasteiger charge is 2.64. The van der Waals surface area contributed by atoms with Gasteiger partial charge in [0.05, 0.1) is 11.6 Å². The molecule has 1 saturated carbocycles. The van der Waals surface area contributed by atoms with Crippen molar-refractivity contribution in [1.82, 2.24) is 14.9 Å². The van der Waals surface area contributed by atoms with Crippen LogP contribution in [0.5, 0.6) is 5.75 Å². The van der Waals surface area contributed by atoms with Gasteiger partial charge < -0.3 is 31.1 Å². The number of fused-ring (bicyclic) bond motifs is 3. The van der Waals surface area contributed by atoms with Gasteiger partial charge in [0.15, 0.2) is 11.4 Å². The number of carbonyl (C=O) groups excluding carboxylic acids is 3. The summed E-state index contributed by atoms with van der Waals surface area (Å²) in [5.74, 6) is -7.12. The molecular weight excluding hydrogens is 484 g/mol. The lowest BCUT2D eigenvalue weighted by atomic mass is 9.57. The Labute approximate surface area is 209 Å². The molecule has 0 aliphatic heterocycles. The van der Waals surface area contributed by atoms with E-state index in [1.165, 1.54) is 37.5 Å². The molecule has 12 nitrogen and oxygen atoms in total. The van der Waals surface area contributed by atoms with Gasteiger partial charge in [0.25, 0.3) is 5.91 Å². The van der Waals surface area contributed by atoms with Crippen molar-refractivity contribution >= 4 is 23.2 Å². The summed E-state index contributed by atoms with van der Waals surface area (Å²) in [6.07, 6.45) is 2.86. The van der Waals surface area contributed by atoms with Gasteiger partial charge in [0.1, 0.15) is 22.8 Å². The monoisotopic (exact) mass is 508 g/mol. The van der Waals surface area contributed by atoms with Crippen LogP contribution in [0, 0.1) is 11.8 Å². The third kappa shape index (κ3) is 3.26. The third-order valence-corrected chi connectivity index (χ3v) is 7.59.